The van der Waals surface area contributed by atoms with Gasteiger partial charge in [0.25, 0.3) is 5.91 Å². The SMILES string of the molecule is COc1ccc(C(NC(=O)[C@@H]2CNC(=O)O2)c2ccc(Cl)cc2)cn1. The molecule has 0 bridgehead atoms. The van der Waals surface area contributed by atoms with Crippen molar-refractivity contribution in [2.24, 2.45) is 0 Å². The predicted octanol–water partition coefficient (Wildman–Crippen LogP) is 2.06. The van der Waals surface area contributed by atoms with Crippen LogP contribution in [0.15, 0.2) is 42.6 Å². The Balaban J connectivity index is 1.86. The smallest absolute Gasteiger partial charge is 0.408 e. The minimum Gasteiger partial charge on any atom is -0.481 e. The van der Waals surface area contributed by atoms with Gasteiger partial charge in [-0.1, -0.05) is 23.7 Å². The second kappa shape index (κ2) is 7.40. The number of benzene rings is 1. The first-order valence-corrected chi connectivity index (χ1v) is 7.95. The van der Waals surface area contributed by atoms with Crippen molar-refractivity contribution in [3.05, 3.63) is 58.7 Å². The minimum atomic E-state index is -0.867. The Kier molecular flexibility index (Phi) is 5.04. The summed E-state index contributed by atoms with van der Waals surface area (Å²) in [4.78, 5) is 27.8. The van der Waals surface area contributed by atoms with E-state index in [1.807, 2.05) is 18.2 Å². The van der Waals surface area contributed by atoms with Crippen LogP contribution in [0.5, 0.6) is 5.88 Å². The summed E-state index contributed by atoms with van der Waals surface area (Å²) in [7, 11) is 1.53. The summed E-state index contributed by atoms with van der Waals surface area (Å²) in [5.41, 5.74) is 1.58. The molecule has 1 fully saturated rings. The average molecular weight is 362 g/mol. The third-order valence-corrected chi connectivity index (χ3v) is 4.02. The highest BCUT2D eigenvalue weighted by Crippen LogP contribution is 2.24. The van der Waals surface area contributed by atoms with Gasteiger partial charge in [-0.25, -0.2) is 9.78 Å². The Hall–Kier alpha value is -2.80. The largest absolute Gasteiger partial charge is 0.481 e. The third kappa shape index (κ3) is 4.00. The standard InChI is InChI=1S/C17H16ClN3O4/c1-24-14-7-4-11(8-19-14)15(10-2-5-12(18)6-3-10)21-16(22)13-9-20-17(23)25-13/h2-8,13,15H,9H2,1H3,(H,20,23)(H,21,22)/t13-,15?/m0/s1. The fraction of sp³-hybridized carbons (Fsp3) is 0.235. The lowest BCUT2D eigenvalue weighted by atomic mass is 10.00. The molecule has 0 saturated carbocycles. The number of carbonyl (C=O) groups excluding carboxylic acids is 2. The topological polar surface area (TPSA) is 89.6 Å². The maximum atomic E-state index is 12.4. The van der Waals surface area contributed by atoms with Crippen molar-refractivity contribution in [2.75, 3.05) is 13.7 Å². The number of hydrogen-bond acceptors (Lipinski definition) is 5. The molecule has 3 rings (SSSR count). The van der Waals surface area contributed by atoms with Crippen LogP contribution in [0.2, 0.25) is 5.02 Å². The van der Waals surface area contributed by atoms with Crippen LogP contribution in [-0.2, 0) is 9.53 Å². The molecule has 0 radical (unpaired) electrons. The van der Waals surface area contributed by atoms with E-state index in [0.29, 0.717) is 10.9 Å². The van der Waals surface area contributed by atoms with Crippen LogP contribution in [0.25, 0.3) is 0 Å². The zero-order valence-corrected chi connectivity index (χ0v) is 14.1. The van der Waals surface area contributed by atoms with E-state index in [0.717, 1.165) is 11.1 Å². The number of carbonyl (C=O) groups is 2. The van der Waals surface area contributed by atoms with Crippen LogP contribution in [0, 0.1) is 0 Å². The second-order valence-electron chi connectivity index (χ2n) is 5.40. The Labute approximate surface area is 149 Å². The number of ether oxygens (including phenoxy) is 2. The summed E-state index contributed by atoms with van der Waals surface area (Å²) in [6.45, 7) is 0.138. The summed E-state index contributed by atoms with van der Waals surface area (Å²) in [5, 5.41) is 5.94. The normalized spacial score (nSPS) is 17.4. The highest BCUT2D eigenvalue weighted by atomic mass is 35.5. The number of nitrogens with zero attached hydrogens (tertiary/aromatic N) is 1. The van der Waals surface area contributed by atoms with Gasteiger partial charge in [-0.05, 0) is 29.3 Å². The van der Waals surface area contributed by atoms with Gasteiger partial charge in [0.15, 0.2) is 6.10 Å². The van der Waals surface area contributed by atoms with Crippen molar-refractivity contribution >= 4 is 23.6 Å². The Morgan fingerprint density at radius 3 is 2.60 bits per heavy atom. The number of halogens is 1. The summed E-state index contributed by atoms with van der Waals surface area (Å²) in [6, 6.07) is 10.2. The van der Waals surface area contributed by atoms with E-state index in [1.165, 1.54) is 7.11 Å². The number of hydrogen-bond donors (Lipinski definition) is 2. The fourth-order valence-electron chi connectivity index (χ4n) is 2.47. The Morgan fingerprint density at radius 1 is 1.32 bits per heavy atom. The number of aromatic nitrogens is 1. The molecule has 1 aromatic carbocycles. The fourth-order valence-corrected chi connectivity index (χ4v) is 2.59. The number of nitrogens with one attached hydrogen (secondary N) is 2. The number of alkyl carbamates (subject to hydrolysis) is 1. The molecular weight excluding hydrogens is 346 g/mol. The minimum absolute atomic E-state index is 0.138. The van der Waals surface area contributed by atoms with E-state index in [2.05, 4.69) is 15.6 Å². The molecule has 2 heterocycles. The quantitative estimate of drug-likeness (QED) is 0.850. The number of methoxy groups -OCH3 is 1. The number of cyclic esters (lactones) is 1. The van der Waals surface area contributed by atoms with Crippen LogP contribution >= 0.6 is 11.6 Å². The molecule has 1 aliphatic heterocycles. The van der Waals surface area contributed by atoms with Crippen LogP contribution in [0.1, 0.15) is 17.2 Å². The first kappa shape index (κ1) is 17.0. The summed E-state index contributed by atoms with van der Waals surface area (Å²) < 4.78 is 10.00. The van der Waals surface area contributed by atoms with Crippen molar-refractivity contribution in [1.82, 2.24) is 15.6 Å². The molecule has 2 amide bonds. The van der Waals surface area contributed by atoms with Gasteiger partial charge < -0.3 is 20.1 Å². The lowest BCUT2D eigenvalue weighted by Crippen LogP contribution is -2.39. The van der Waals surface area contributed by atoms with Gasteiger partial charge in [0.05, 0.1) is 19.7 Å². The van der Waals surface area contributed by atoms with E-state index in [4.69, 9.17) is 21.1 Å². The van der Waals surface area contributed by atoms with E-state index in [9.17, 15) is 9.59 Å². The summed E-state index contributed by atoms with van der Waals surface area (Å²) in [6.07, 6.45) is 0.153. The molecule has 1 aromatic heterocycles. The van der Waals surface area contributed by atoms with Gasteiger partial charge in [-0.3, -0.25) is 4.79 Å². The van der Waals surface area contributed by atoms with Gasteiger partial charge in [0.1, 0.15) is 0 Å². The molecule has 0 aliphatic carbocycles. The molecule has 2 N–H and O–H groups in total. The van der Waals surface area contributed by atoms with Gasteiger partial charge in [0.2, 0.25) is 5.88 Å². The van der Waals surface area contributed by atoms with E-state index in [-0.39, 0.29) is 6.54 Å². The van der Waals surface area contributed by atoms with Crippen molar-refractivity contribution in [3.63, 3.8) is 0 Å². The van der Waals surface area contributed by atoms with Crippen molar-refractivity contribution in [2.45, 2.75) is 12.1 Å². The highest BCUT2D eigenvalue weighted by molar-refractivity contribution is 6.30. The monoisotopic (exact) mass is 361 g/mol. The molecule has 130 valence electrons. The predicted molar refractivity (Wildman–Crippen MR) is 90.5 cm³/mol. The van der Waals surface area contributed by atoms with E-state index < -0.39 is 24.1 Å². The number of amides is 2. The Bertz CT molecular complexity index is 764. The van der Waals surface area contributed by atoms with Crippen LogP contribution in [-0.4, -0.2) is 36.7 Å². The summed E-state index contributed by atoms with van der Waals surface area (Å²) in [5.74, 6) is 0.0768. The molecule has 0 spiro atoms. The van der Waals surface area contributed by atoms with Crippen LogP contribution in [0.3, 0.4) is 0 Å². The van der Waals surface area contributed by atoms with Gasteiger partial charge in [-0.15, -0.1) is 0 Å². The zero-order chi connectivity index (χ0) is 17.8. The van der Waals surface area contributed by atoms with Crippen LogP contribution < -0.4 is 15.4 Å². The maximum Gasteiger partial charge on any atom is 0.408 e. The third-order valence-electron chi connectivity index (χ3n) is 3.77. The molecule has 1 saturated heterocycles. The van der Waals surface area contributed by atoms with Crippen molar-refractivity contribution in [3.8, 4) is 5.88 Å². The number of rotatable bonds is 5. The van der Waals surface area contributed by atoms with Gasteiger partial charge in [-0.2, -0.15) is 0 Å². The molecule has 1 aliphatic rings. The zero-order valence-electron chi connectivity index (χ0n) is 13.4. The molecule has 2 aromatic rings. The van der Waals surface area contributed by atoms with Crippen LogP contribution in [0.4, 0.5) is 4.79 Å². The van der Waals surface area contributed by atoms with Gasteiger partial charge >= 0.3 is 6.09 Å². The molecule has 8 heteroatoms. The average Bonchev–Trinajstić information content (AvgIpc) is 3.07. The first-order chi connectivity index (χ1) is 12.1. The second-order valence-corrected chi connectivity index (χ2v) is 5.84. The molecular formula is C17H16ClN3O4. The number of pyridine rings is 1. The van der Waals surface area contributed by atoms with E-state index in [1.54, 1.807) is 24.4 Å². The van der Waals surface area contributed by atoms with Gasteiger partial charge in [0, 0.05) is 17.3 Å². The molecule has 2 atom stereocenters. The summed E-state index contributed by atoms with van der Waals surface area (Å²) >= 11 is 5.95. The first-order valence-electron chi connectivity index (χ1n) is 7.57. The molecule has 1 unspecified atom stereocenters. The highest BCUT2D eigenvalue weighted by Gasteiger charge is 2.31. The van der Waals surface area contributed by atoms with Crippen molar-refractivity contribution < 1.29 is 19.1 Å². The lowest BCUT2D eigenvalue weighted by molar-refractivity contribution is -0.128. The maximum absolute atomic E-state index is 12.4. The van der Waals surface area contributed by atoms with Crippen molar-refractivity contribution in [1.29, 1.82) is 0 Å². The lowest BCUT2D eigenvalue weighted by Gasteiger charge is -2.21. The Morgan fingerprint density at radius 2 is 2.04 bits per heavy atom. The molecule has 7 nitrogen and oxygen atoms in total. The molecule has 25 heavy (non-hydrogen) atoms. The van der Waals surface area contributed by atoms with E-state index >= 15 is 0 Å².